The van der Waals surface area contributed by atoms with Crippen LogP contribution < -0.4 is 10.5 Å². The molecule has 0 bridgehead atoms. The third kappa shape index (κ3) is 4.25. The summed E-state index contributed by atoms with van der Waals surface area (Å²) in [6.07, 6.45) is 0. The van der Waals surface area contributed by atoms with Crippen LogP contribution in [0.25, 0.3) is 0 Å². The maximum atomic E-state index is 13.7. The molecule has 4 heteroatoms. The smallest absolute Gasteiger partial charge is 0.131 e. The van der Waals surface area contributed by atoms with Crippen LogP contribution in [-0.2, 0) is 0 Å². The van der Waals surface area contributed by atoms with Crippen LogP contribution in [0.2, 0.25) is 0 Å². The molecular weight excluding hydrogens is 273 g/mol. The van der Waals surface area contributed by atoms with Gasteiger partial charge in [-0.15, -0.1) is 11.8 Å². The highest BCUT2D eigenvalue weighted by Gasteiger charge is 2.07. The molecule has 1 atom stereocenters. The molecule has 2 nitrogen and oxygen atoms in total. The highest BCUT2D eigenvalue weighted by atomic mass is 32.2. The van der Waals surface area contributed by atoms with Crippen LogP contribution in [0, 0.1) is 5.82 Å². The first-order chi connectivity index (χ1) is 9.66. The maximum Gasteiger partial charge on any atom is 0.131 e. The Kier molecular flexibility index (Phi) is 5.44. The minimum atomic E-state index is -0.312. The van der Waals surface area contributed by atoms with Gasteiger partial charge in [0.1, 0.15) is 11.6 Å². The molecule has 2 aromatic rings. The quantitative estimate of drug-likeness (QED) is 0.645. The Morgan fingerprint density at radius 2 is 1.95 bits per heavy atom. The summed E-state index contributed by atoms with van der Waals surface area (Å²) >= 11 is 1.71. The van der Waals surface area contributed by atoms with Gasteiger partial charge in [-0.3, -0.25) is 0 Å². The van der Waals surface area contributed by atoms with E-state index in [0.29, 0.717) is 17.9 Å². The zero-order chi connectivity index (χ0) is 14.4. The first-order valence-electron chi connectivity index (χ1n) is 6.52. The van der Waals surface area contributed by atoms with Gasteiger partial charge >= 0.3 is 0 Å². The third-order valence-electron chi connectivity index (χ3n) is 2.83. The fourth-order valence-electron chi connectivity index (χ4n) is 1.80. The van der Waals surface area contributed by atoms with Crippen molar-refractivity contribution in [3.63, 3.8) is 0 Å². The molecule has 2 N–H and O–H groups in total. The second-order valence-corrected chi connectivity index (χ2v) is 5.65. The summed E-state index contributed by atoms with van der Waals surface area (Å²) in [5, 5.41) is 0. The average molecular weight is 291 g/mol. The SMILES string of the molecule is CC(N)c1ccc(OCCSc2ccccc2)cc1F. The fourth-order valence-corrected chi connectivity index (χ4v) is 2.55. The summed E-state index contributed by atoms with van der Waals surface area (Å²) in [7, 11) is 0. The van der Waals surface area contributed by atoms with Crippen LogP contribution in [0.1, 0.15) is 18.5 Å². The molecule has 0 radical (unpaired) electrons. The molecule has 0 fully saturated rings. The van der Waals surface area contributed by atoms with Gasteiger partial charge in [0.25, 0.3) is 0 Å². The van der Waals surface area contributed by atoms with Crippen molar-refractivity contribution in [3.8, 4) is 5.75 Å². The molecule has 0 saturated carbocycles. The summed E-state index contributed by atoms with van der Waals surface area (Å²) in [5.41, 5.74) is 6.18. The van der Waals surface area contributed by atoms with Gasteiger partial charge in [0.15, 0.2) is 0 Å². The van der Waals surface area contributed by atoms with E-state index in [2.05, 4.69) is 12.1 Å². The number of thioether (sulfide) groups is 1. The van der Waals surface area contributed by atoms with Crippen LogP contribution in [0.15, 0.2) is 53.4 Å². The van der Waals surface area contributed by atoms with Gasteiger partial charge in [-0.1, -0.05) is 24.3 Å². The van der Waals surface area contributed by atoms with Crippen molar-refractivity contribution in [1.82, 2.24) is 0 Å². The molecule has 106 valence electrons. The van der Waals surface area contributed by atoms with Gasteiger partial charge in [-0.25, -0.2) is 4.39 Å². The molecular formula is C16H18FNOS. The van der Waals surface area contributed by atoms with E-state index in [1.165, 1.54) is 11.0 Å². The Hall–Kier alpha value is -1.52. The molecule has 0 aliphatic heterocycles. The van der Waals surface area contributed by atoms with E-state index in [1.54, 1.807) is 30.8 Å². The fraction of sp³-hybridized carbons (Fsp3) is 0.250. The molecule has 0 heterocycles. The monoisotopic (exact) mass is 291 g/mol. The summed E-state index contributed by atoms with van der Waals surface area (Å²) < 4.78 is 19.3. The number of hydrogen-bond acceptors (Lipinski definition) is 3. The van der Waals surface area contributed by atoms with E-state index >= 15 is 0 Å². The van der Waals surface area contributed by atoms with Crippen molar-refractivity contribution in [2.24, 2.45) is 5.73 Å². The normalized spacial score (nSPS) is 12.2. The zero-order valence-corrected chi connectivity index (χ0v) is 12.2. The lowest BCUT2D eigenvalue weighted by molar-refractivity contribution is 0.341. The Labute approximate surface area is 123 Å². The van der Waals surface area contributed by atoms with Gasteiger partial charge in [0.2, 0.25) is 0 Å². The van der Waals surface area contributed by atoms with Crippen molar-refractivity contribution in [2.75, 3.05) is 12.4 Å². The molecule has 20 heavy (non-hydrogen) atoms. The average Bonchev–Trinajstić information content (AvgIpc) is 2.44. The molecule has 0 aliphatic carbocycles. The largest absolute Gasteiger partial charge is 0.493 e. The summed E-state index contributed by atoms with van der Waals surface area (Å²) in [4.78, 5) is 1.20. The van der Waals surface area contributed by atoms with Crippen LogP contribution in [-0.4, -0.2) is 12.4 Å². The number of ether oxygens (including phenoxy) is 1. The Balaban J connectivity index is 1.81. The van der Waals surface area contributed by atoms with Crippen LogP contribution in [0.5, 0.6) is 5.75 Å². The number of hydrogen-bond donors (Lipinski definition) is 1. The van der Waals surface area contributed by atoms with Crippen molar-refractivity contribution in [1.29, 1.82) is 0 Å². The molecule has 1 unspecified atom stereocenters. The van der Waals surface area contributed by atoms with Crippen LogP contribution in [0.3, 0.4) is 0 Å². The van der Waals surface area contributed by atoms with E-state index in [0.717, 1.165) is 5.75 Å². The lowest BCUT2D eigenvalue weighted by Crippen LogP contribution is -2.08. The highest BCUT2D eigenvalue weighted by Crippen LogP contribution is 2.21. The van der Waals surface area contributed by atoms with E-state index in [-0.39, 0.29) is 11.9 Å². The topological polar surface area (TPSA) is 35.2 Å². The van der Waals surface area contributed by atoms with Gasteiger partial charge < -0.3 is 10.5 Å². The predicted molar refractivity (Wildman–Crippen MR) is 81.7 cm³/mol. The zero-order valence-electron chi connectivity index (χ0n) is 11.4. The molecule has 0 aromatic heterocycles. The van der Waals surface area contributed by atoms with E-state index in [4.69, 9.17) is 10.5 Å². The Morgan fingerprint density at radius 1 is 1.20 bits per heavy atom. The summed E-state index contributed by atoms with van der Waals surface area (Å²) in [6, 6.07) is 14.6. The molecule has 2 aromatic carbocycles. The first-order valence-corrected chi connectivity index (χ1v) is 7.51. The minimum absolute atomic E-state index is 0.308. The van der Waals surface area contributed by atoms with Gasteiger partial charge in [-0.05, 0) is 25.1 Å². The second kappa shape index (κ2) is 7.31. The lowest BCUT2D eigenvalue weighted by Gasteiger charge is -2.10. The van der Waals surface area contributed by atoms with Crippen molar-refractivity contribution in [3.05, 3.63) is 59.9 Å². The highest BCUT2D eigenvalue weighted by molar-refractivity contribution is 7.99. The van der Waals surface area contributed by atoms with E-state index in [1.807, 2.05) is 18.2 Å². The van der Waals surface area contributed by atoms with Crippen LogP contribution >= 0.6 is 11.8 Å². The lowest BCUT2D eigenvalue weighted by atomic mass is 10.1. The first kappa shape index (κ1) is 14.9. The minimum Gasteiger partial charge on any atom is -0.493 e. The number of benzene rings is 2. The van der Waals surface area contributed by atoms with Crippen molar-refractivity contribution in [2.45, 2.75) is 17.9 Å². The van der Waals surface area contributed by atoms with E-state index < -0.39 is 0 Å². The predicted octanol–water partition coefficient (Wildman–Crippen LogP) is 4.02. The van der Waals surface area contributed by atoms with Crippen molar-refractivity contribution < 1.29 is 9.13 Å². The molecule has 0 saturated heterocycles. The summed E-state index contributed by atoms with van der Waals surface area (Å²) in [5.74, 6) is 1.05. The molecule has 0 spiro atoms. The summed E-state index contributed by atoms with van der Waals surface area (Å²) in [6.45, 7) is 2.30. The molecule has 0 aliphatic rings. The van der Waals surface area contributed by atoms with Gasteiger partial charge in [0.05, 0.1) is 6.61 Å². The van der Waals surface area contributed by atoms with E-state index in [9.17, 15) is 4.39 Å². The molecule has 2 rings (SSSR count). The van der Waals surface area contributed by atoms with Gasteiger partial charge in [-0.2, -0.15) is 0 Å². The number of nitrogens with two attached hydrogens (primary N) is 1. The molecule has 0 amide bonds. The van der Waals surface area contributed by atoms with Gasteiger partial charge in [0, 0.05) is 28.3 Å². The Bertz CT molecular complexity index is 545. The number of halogens is 1. The third-order valence-corrected chi connectivity index (χ3v) is 3.80. The maximum absolute atomic E-state index is 13.7. The number of rotatable bonds is 6. The van der Waals surface area contributed by atoms with Crippen molar-refractivity contribution >= 4 is 11.8 Å². The second-order valence-electron chi connectivity index (χ2n) is 4.48. The van der Waals surface area contributed by atoms with Crippen LogP contribution in [0.4, 0.5) is 4.39 Å². The standard InChI is InChI=1S/C16H18FNOS/c1-12(18)15-8-7-13(11-16(15)17)19-9-10-20-14-5-3-2-4-6-14/h2-8,11-12H,9-10,18H2,1H3. The Morgan fingerprint density at radius 3 is 2.60 bits per heavy atom.